The highest BCUT2D eigenvalue weighted by Gasteiger charge is 2.18. The van der Waals surface area contributed by atoms with Crippen molar-refractivity contribution in [2.45, 2.75) is 37.1 Å². The zero-order valence-corrected chi connectivity index (χ0v) is 20.7. The Morgan fingerprint density at radius 3 is 2.55 bits per heavy atom. The Morgan fingerprint density at radius 2 is 1.88 bits per heavy atom. The van der Waals surface area contributed by atoms with Crippen molar-refractivity contribution in [1.82, 2.24) is 4.90 Å². The molecule has 0 radical (unpaired) electrons. The lowest BCUT2D eigenvalue weighted by molar-refractivity contribution is 0.264. The average Bonchev–Trinajstić information content (AvgIpc) is 3.16. The Balaban J connectivity index is 1.48. The number of nitrogens with one attached hydrogen (secondary N) is 2. The molecule has 0 spiro atoms. The quantitative estimate of drug-likeness (QED) is 0.461. The summed E-state index contributed by atoms with van der Waals surface area (Å²) in [5.74, 6) is 6.57. The number of hydrogen-bond donors (Lipinski definition) is 3. The van der Waals surface area contributed by atoms with E-state index in [0.717, 1.165) is 42.9 Å². The van der Waals surface area contributed by atoms with Gasteiger partial charge in [0.2, 0.25) is 10.0 Å². The third-order valence-electron chi connectivity index (χ3n) is 6.02. The van der Waals surface area contributed by atoms with E-state index in [1.54, 1.807) is 23.5 Å². The van der Waals surface area contributed by atoms with Crippen LogP contribution in [0, 0.1) is 11.8 Å². The molecule has 6 nitrogen and oxygen atoms in total. The van der Waals surface area contributed by atoms with E-state index in [4.69, 9.17) is 5.14 Å². The van der Waals surface area contributed by atoms with Crippen LogP contribution in [0.15, 0.2) is 47.4 Å². The van der Waals surface area contributed by atoms with E-state index in [1.165, 1.54) is 33.5 Å². The zero-order chi connectivity index (χ0) is 23.4. The number of rotatable bonds is 6. The number of benzene rings is 2. The molecule has 33 heavy (non-hydrogen) atoms. The van der Waals surface area contributed by atoms with Gasteiger partial charge in [0.1, 0.15) is 0 Å². The van der Waals surface area contributed by atoms with Crippen molar-refractivity contribution in [3.63, 3.8) is 0 Å². The van der Waals surface area contributed by atoms with Gasteiger partial charge in [-0.1, -0.05) is 30.9 Å². The van der Waals surface area contributed by atoms with Gasteiger partial charge < -0.3 is 15.5 Å². The minimum absolute atomic E-state index is 0.0988. The Morgan fingerprint density at radius 1 is 1.15 bits per heavy atom. The number of fused-ring (bicyclic) bond motifs is 1. The Kier molecular flexibility index (Phi) is 7.25. The number of anilines is 2. The SMILES string of the molecule is CCc1c(C#CCNc2ccc(S(N)(=O)=O)cc2)sc2c(NC3CCN(C)CC3)cccc12. The van der Waals surface area contributed by atoms with Crippen molar-refractivity contribution >= 4 is 42.8 Å². The monoisotopic (exact) mass is 482 g/mol. The molecule has 4 rings (SSSR count). The Bertz CT molecular complexity index is 1280. The molecule has 8 heteroatoms. The molecule has 3 aromatic rings. The van der Waals surface area contributed by atoms with Crippen LogP contribution in [0.1, 0.15) is 30.2 Å². The molecule has 1 fully saturated rings. The van der Waals surface area contributed by atoms with Crippen molar-refractivity contribution in [3.05, 3.63) is 52.9 Å². The molecule has 0 bridgehead atoms. The van der Waals surface area contributed by atoms with E-state index in [0.29, 0.717) is 12.6 Å². The smallest absolute Gasteiger partial charge is 0.238 e. The van der Waals surface area contributed by atoms with Gasteiger partial charge in [0.05, 0.1) is 26.7 Å². The molecule has 1 aliphatic heterocycles. The molecule has 0 atom stereocenters. The fourth-order valence-electron chi connectivity index (χ4n) is 4.14. The van der Waals surface area contributed by atoms with Gasteiger partial charge >= 0.3 is 0 Å². The van der Waals surface area contributed by atoms with Crippen LogP contribution in [0.5, 0.6) is 0 Å². The lowest BCUT2D eigenvalue weighted by Crippen LogP contribution is -2.36. The summed E-state index contributed by atoms with van der Waals surface area (Å²) < 4.78 is 24.0. The number of nitrogens with zero attached hydrogens (tertiary/aromatic N) is 1. The predicted molar refractivity (Wildman–Crippen MR) is 139 cm³/mol. The maximum atomic E-state index is 11.4. The van der Waals surface area contributed by atoms with E-state index < -0.39 is 10.0 Å². The fourth-order valence-corrected chi connectivity index (χ4v) is 5.90. The number of piperidine rings is 1. The molecule has 0 aliphatic carbocycles. The van der Waals surface area contributed by atoms with Crippen molar-refractivity contribution in [2.75, 3.05) is 37.3 Å². The zero-order valence-electron chi connectivity index (χ0n) is 19.0. The first-order valence-electron chi connectivity index (χ1n) is 11.2. The first-order valence-corrected chi connectivity index (χ1v) is 13.6. The fraction of sp³-hybridized carbons (Fsp3) is 0.360. The van der Waals surface area contributed by atoms with Gasteiger partial charge in [0.25, 0.3) is 0 Å². The number of primary sulfonamides is 1. The second kappa shape index (κ2) is 10.1. The summed E-state index contributed by atoms with van der Waals surface area (Å²) in [4.78, 5) is 3.59. The van der Waals surface area contributed by atoms with Crippen LogP contribution in [0.2, 0.25) is 0 Å². The maximum Gasteiger partial charge on any atom is 0.238 e. The molecule has 1 aromatic heterocycles. The van der Waals surface area contributed by atoms with Gasteiger partial charge in [-0.3, -0.25) is 0 Å². The number of likely N-dealkylation sites (tertiary alicyclic amines) is 1. The molecular formula is C25H30N4O2S2. The van der Waals surface area contributed by atoms with Gasteiger partial charge in [0, 0.05) is 11.7 Å². The van der Waals surface area contributed by atoms with Crippen LogP contribution in [0.3, 0.4) is 0 Å². The Labute approximate surface area is 200 Å². The molecule has 2 heterocycles. The molecule has 0 saturated carbocycles. The number of sulfonamides is 1. The largest absolute Gasteiger partial charge is 0.381 e. The first-order chi connectivity index (χ1) is 15.8. The van der Waals surface area contributed by atoms with E-state index in [-0.39, 0.29) is 4.90 Å². The van der Waals surface area contributed by atoms with Crippen molar-refractivity contribution in [2.24, 2.45) is 5.14 Å². The third-order valence-corrected chi connectivity index (χ3v) is 8.14. The molecule has 0 unspecified atom stereocenters. The van der Waals surface area contributed by atoms with Crippen molar-refractivity contribution in [3.8, 4) is 11.8 Å². The van der Waals surface area contributed by atoms with Gasteiger partial charge in [-0.2, -0.15) is 0 Å². The summed E-state index contributed by atoms with van der Waals surface area (Å²) in [6.45, 7) is 4.90. The summed E-state index contributed by atoms with van der Waals surface area (Å²) in [5.41, 5.74) is 3.31. The summed E-state index contributed by atoms with van der Waals surface area (Å²) in [6.07, 6.45) is 3.26. The van der Waals surface area contributed by atoms with E-state index in [1.807, 2.05) is 0 Å². The van der Waals surface area contributed by atoms with Crippen LogP contribution in [-0.2, 0) is 16.4 Å². The van der Waals surface area contributed by atoms with Gasteiger partial charge in [-0.05, 0) is 80.7 Å². The first kappa shape index (κ1) is 23.6. The van der Waals surface area contributed by atoms with Gasteiger partial charge in [-0.25, -0.2) is 13.6 Å². The van der Waals surface area contributed by atoms with Crippen molar-refractivity contribution < 1.29 is 8.42 Å². The van der Waals surface area contributed by atoms with Crippen LogP contribution in [0.25, 0.3) is 10.1 Å². The summed E-state index contributed by atoms with van der Waals surface area (Å²) >= 11 is 1.76. The van der Waals surface area contributed by atoms with Crippen molar-refractivity contribution in [1.29, 1.82) is 0 Å². The van der Waals surface area contributed by atoms with Gasteiger partial charge in [-0.15, -0.1) is 11.3 Å². The molecule has 2 aromatic carbocycles. The van der Waals surface area contributed by atoms with Crippen LogP contribution in [0.4, 0.5) is 11.4 Å². The van der Waals surface area contributed by atoms with Crippen LogP contribution in [-0.4, -0.2) is 46.0 Å². The normalized spacial score (nSPS) is 15.2. The number of hydrogen-bond acceptors (Lipinski definition) is 6. The third kappa shape index (κ3) is 5.68. The second-order valence-electron chi connectivity index (χ2n) is 8.39. The van der Waals surface area contributed by atoms with E-state index in [9.17, 15) is 8.42 Å². The second-order valence-corrected chi connectivity index (χ2v) is 11.0. The molecule has 1 saturated heterocycles. The predicted octanol–water partition coefficient (Wildman–Crippen LogP) is 4.08. The topological polar surface area (TPSA) is 87.5 Å². The molecule has 174 valence electrons. The lowest BCUT2D eigenvalue weighted by Gasteiger charge is -2.30. The molecule has 4 N–H and O–H groups in total. The van der Waals surface area contributed by atoms with Crippen LogP contribution < -0.4 is 15.8 Å². The van der Waals surface area contributed by atoms with Gasteiger partial charge in [0.15, 0.2) is 0 Å². The highest BCUT2D eigenvalue weighted by Crippen LogP contribution is 2.37. The number of aryl methyl sites for hydroxylation is 1. The summed E-state index contributed by atoms with van der Waals surface area (Å²) in [5, 5.41) is 13.4. The van der Waals surface area contributed by atoms with Crippen LogP contribution >= 0.6 is 11.3 Å². The highest BCUT2D eigenvalue weighted by atomic mass is 32.2. The number of nitrogens with two attached hydrogens (primary N) is 1. The molecule has 1 aliphatic rings. The van der Waals surface area contributed by atoms with E-state index >= 15 is 0 Å². The molecule has 0 amide bonds. The standard InChI is InChI=1S/C25H30N4O2S2/c1-3-21-22-6-4-7-23(28-19-13-16-29(2)17-14-19)25(22)32-24(21)8-5-15-27-18-9-11-20(12-10-18)33(26,30)31/h4,6-7,9-12,19,27-28H,3,13-17H2,1-2H3,(H2,26,30,31). The average molecular weight is 483 g/mol. The lowest BCUT2D eigenvalue weighted by atomic mass is 10.0. The molecular weight excluding hydrogens is 452 g/mol. The highest BCUT2D eigenvalue weighted by molar-refractivity contribution is 7.89. The Hall–Kier alpha value is -2.57. The number of thiophene rings is 1. The maximum absolute atomic E-state index is 11.4. The summed E-state index contributed by atoms with van der Waals surface area (Å²) in [7, 11) is -1.49. The minimum Gasteiger partial charge on any atom is -0.381 e. The van der Waals surface area contributed by atoms with E-state index in [2.05, 4.69) is 59.5 Å². The minimum atomic E-state index is -3.68. The summed E-state index contributed by atoms with van der Waals surface area (Å²) in [6, 6.07) is 13.4.